The molecule has 3 nitrogen and oxygen atoms in total. The molecule has 92 valence electrons. The summed E-state index contributed by atoms with van der Waals surface area (Å²) in [6, 6.07) is 6.34. The summed E-state index contributed by atoms with van der Waals surface area (Å²) < 4.78 is 1.01. The molecule has 2 rings (SSSR count). The molecule has 1 unspecified atom stereocenters. The first-order valence-electron chi connectivity index (χ1n) is 5.52. The Morgan fingerprint density at radius 2 is 2.41 bits per heavy atom. The van der Waals surface area contributed by atoms with Crippen molar-refractivity contribution >= 4 is 39.3 Å². The van der Waals surface area contributed by atoms with Crippen molar-refractivity contribution in [3.63, 3.8) is 0 Å². The van der Waals surface area contributed by atoms with Crippen LogP contribution in [0.15, 0.2) is 27.6 Å². The van der Waals surface area contributed by atoms with Gasteiger partial charge in [0.05, 0.1) is 12.2 Å². The number of benzene rings is 1. The van der Waals surface area contributed by atoms with Crippen LogP contribution in [0.1, 0.15) is 6.92 Å². The van der Waals surface area contributed by atoms with E-state index in [0.29, 0.717) is 6.54 Å². The molecule has 1 aliphatic heterocycles. The number of amides is 1. The van der Waals surface area contributed by atoms with Gasteiger partial charge in [-0.3, -0.25) is 4.79 Å². The first-order chi connectivity index (χ1) is 8.13. The van der Waals surface area contributed by atoms with Gasteiger partial charge >= 0.3 is 0 Å². The predicted molar refractivity (Wildman–Crippen MR) is 75.7 cm³/mol. The van der Waals surface area contributed by atoms with E-state index in [1.807, 2.05) is 28.8 Å². The van der Waals surface area contributed by atoms with E-state index in [9.17, 15) is 4.79 Å². The Labute approximate surface area is 114 Å². The summed E-state index contributed by atoms with van der Waals surface area (Å²) in [6.45, 7) is 2.46. The van der Waals surface area contributed by atoms with E-state index in [0.717, 1.165) is 15.9 Å². The number of fused-ring (bicyclic) bond motifs is 1. The van der Waals surface area contributed by atoms with Crippen LogP contribution in [0.25, 0.3) is 0 Å². The molecule has 0 spiro atoms. The van der Waals surface area contributed by atoms with E-state index in [-0.39, 0.29) is 11.9 Å². The first-order valence-corrected chi connectivity index (χ1v) is 7.30. The van der Waals surface area contributed by atoms with Gasteiger partial charge < -0.3 is 10.2 Å². The Kier molecular flexibility index (Phi) is 4.12. The third-order valence-electron chi connectivity index (χ3n) is 2.70. The lowest BCUT2D eigenvalue weighted by Gasteiger charge is -2.35. The van der Waals surface area contributed by atoms with E-state index < -0.39 is 0 Å². The van der Waals surface area contributed by atoms with Gasteiger partial charge in [0.1, 0.15) is 0 Å². The highest BCUT2D eigenvalue weighted by molar-refractivity contribution is 9.10. The maximum Gasteiger partial charge on any atom is 0.241 e. The molecule has 0 aromatic heterocycles. The second-order valence-corrected chi connectivity index (χ2v) is 6.04. The van der Waals surface area contributed by atoms with Gasteiger partial charge in [-0.15, -0.1) is 11.8 Å². The molecule has 1 aromatic carbocycles. The minimum Gasteiger partial charge on any atom is -0.311 e. The lowest BCUT2D eigenvalue weighted by Crippen LogP contribution is -2.46. The maximum atomic E-state index is 12.1. The molecule has 0 fully saturated rings. The topological polar surface area (TPSA) is 32.3 Å². The van der Waals surface area contributed by atoms with Gasteiger partial charge in [0.2, 0.25) is 5.91 Å². The number of likely N-dealkylation sites (N-methyl/N-ethyl adjacent to an activating group) is 1. The number of nitrogens with one attached hydrogen (secondary N) is 1. The zero-order valence-corrected chi connectivity index (χ0v) is 12.3. The number of halogens is 1. The van der Waals surface area contributed by atoms with Crippen LogP contribution in [-0.4, -0.2) is 31.3 Å². The average molecular weight is 315 g/mol. The summed E-state index contributed by atoms with van der Waals surface area (Å²) >= 11 is 5.27. The molecule has 5 heteroatoms. The first kappa shape index (κ1) is 12.9. The van der Waals surface area contributed by atoms with E-state index in [4.69, 9.17) is 0 Å². The minimum atomic E-state index is 0.125. The minimum absolute atomic E-state index is 0.125. The molecule has 1 N–H and O–H groups in total. The smallest absolute Gasteiger partial charge is 0.241 e. The Bertz CT molecular complexity index is 439. The fourth-order valence-corrected chi connectivity index (χ4v) is 3.33. The third kappa shape index (κ3) is 2.67. The SMILES string of the molecule is CNCC(=O)N1c2cc(Br)ccc2SCC1C. The Morgan fingerprint density at radius 1 is 1.65 bits per heavy atom. The molecule has 0 saturated heterocycles. The summed E-state index contributed by atoms with van der Waals surface area (Å²) in [5.74, 6) is 1.07. The zero-order chi connectivity index (χ0) is 12.4. The number of hydrogen-bond acceptors (Lipinski definition) is 3. The highest BCUT2D eigenvalue weighted by Crippen LogP contribution is 2.38. The fourth-order valence-electron chi connectivity index (χ4n) is 1.94. The number of nitrogens with zero attached hydrogens (tertiary/aromatic N) is 1. The predicted octanol–water partition coefficient (Wildman–Crippen LogP) is 2.50. The molecule has 17 heavy (non-hydrogen) atoms. The Hall–Kier alpha value is -0.520. The summed E-state index contributed by atoms with van der Waals surface area (Å²) in [4.78, 5) is 15.2. The van der Waals surface area contributed by atoms with E-state index in [2.05, 4.69) is 34.2 Å². The van der Waals surface area contributed by atoms with Gasteiger partial charge in [-0.05, 0) is 32.2 Å². The molecule has 1 heterocycles. The molecule has 1 amide bonds. The zero-order valence-electron chi connectivity index (χ0n) is 9.87. The molecule has 0 radical (unpaired) electrons. The standard InChI is InChI=1S/C12H15BrN2OS/c1-8-7-17-11-4-3-9(13)5-10(11)15(8)12(16)6-14-2/h3-5,8,14H,6-7H2,1-2H3. The average Bonchev–Trinajstić information content (AvgIpc) is 2.28. The molecular formula is C12H15BrN2OS. The van der Waals surface area contributed by atoms with Crippen LogP contribution < -0.4 is 10.2 Å². The molecule has 1 atom stereocenters. The van der Waals surface area contributed by atoms with Crippen LogP contribution >= 0.6 is 27.7 Å². The van der Waals surface area contributed by atoms with Crippen molar-refractivity contribution in [1.82, 2.24) is 5.32 Å². The number of carbonyl (C=O) groups is 1. The molecule has 0 saturated carbocycles. The van der Waals surface area contributed by atoms with Gasteiger partial charge in [0.25, 0.3) is 0 Å². The van der Waals surface area contributed by atoms with Crippen LogP contribution in [0.3, 0.4) is 0 Å². The van der Waals surface area contributed by atoms with Crippen LogP contribution in [0.4, 0.5) is 5.69 Å². The lowest BCUT2D eigenvalue weighted by atomic mass is 10.2. The summed E-state index contributed by atoms with van der Waals surface area (Å²) in [5.41, 5.74) is 1.02. The highest BCUT2D eigenvalue weighted by atomic mass is 79.9. The summed E-state index contributed by atoms with van der Waals surface area (Å²) in [6.07, 6.45) is 0. The number of thioether (sulfide) groups is 1. The number of anilines is 1. The molecule has 1 aromatic rings. The van der Waals surface area contributed by atoms with Crippen LogP contribution in [0.2, 0.25) is 0 Å². The van der Waals surface area contributed by atoms with Crippen molar-refractivity contribution in [3.05, 3.63) is 22.7 Å². The van der Waals surface area contributed by atoms with Gasteiger partial charge in [0, 0.05) is 21.2 Å². The van der Waals surface area contributed by atoms with Crippen molar-refractivity contribution in [2.24, 2.45) is 0 Å². The number of carbonyl (C=O) groups excluding carboxylic acids is 1. The van der Waals surface area contributed by atoms with Crippen LogP contribution in [-0.2, 0) is 4.79 Å². The lowest BCUT2D eigenvalue weighted by molar-refractivity contribution is -0.118. The molecule has 0 aliphatic carbocycles. The second-order valence-electron chi connectivity index (χ2n) is 4.07. The number of hydrogen-bond donors (Lipinski definition) is 1. The summed E-state index contributed by atoms with van der Waals surface area (Å²) in [5, 5.41) is 2.92. The van der Waals surface area contributed by atoms with Crippen molar-refractivity contribution in [1.29, 1.82) is 0 Å². The van der Waals surface area contributed by atoms with Crippen molar-refractivity contribution in [2.45, 2.75) is 17.9 Å². The van der Waals surface area contributed by atoms with E-state index in [1.165, 1.54) is 4.90 Å². The van der Waals surface area contributed by atoms with Crippen molar-refractivity contribution < 1.29 is 4.79 Å². The molecular weight excluding hydrogens is 300 g/mol. The normalized spacial score (nSPS) is 19.0. The van der Waals surface area contributed by atoms with Crippen LogP contribution in [0.5, 0.6) is 0 Å². The Morgan fingerprint density at radius 3 is 3.12 bits per heavy atom. The highest BCUT2D eigenvalue weighted by Gasteiger charge is 2.28. The largest absolute Gasteiger partial charge is 0.311 e. The summed E-state index contributed by atoms with van der Waals surface area (Å²) in [7, 11) is 1.79. The van der Waals surface area contributed by atoms with Crippen molar-refractivity contribution in [2.75, 3.05) is 24.2 Å². The fraction of sp³-hybridized carbons (Fsp3) is 0.417. The van der Waals surface area contributed by atoms with Gasteiger partial charge in [-0.2, -0.15) is 0 Å². The van der Waals surface area contributed by atoms with Crippen LogP contribution in [0, 0.1) is 0 Å². The van der Waals surface area contributed by atoms with Gasteiger partial charge in [-0.25, -0.2) is 0 Å². The third-order valence-corrected chi connectivity index (χ3v) is 4.50. The van der Waals surface area contributed by atoms with E-state index >= 15 is 0 Å². The Balaban J connectivity index is 2.38. The molecule has 0 bridgehead atoms. The van der Waals surface area contributed by atoms with E-state index in [1.54, 1.807) is 7.05 Å². The second kappa shape index (κ2) is 5.42. The van der Waals surface area contributed by atoms with Gasteiger partial charge in [-0.1, -0.05) is 15.9 Å². The maximum absolute atomic E-state index is 12.1. The number of rotatable bonds is 2. The van der Waals surface area contributed by atoms with Crippen molar-refractivity contribution in [3.8, 4) is 0 Å². The quantitative estimate of drug-likeness (QED) is 0.910. The monoisotopic (exact) mass is 314 g/mol. The molecule has 1 aliphatic rings. The van der Waals surface area contributed by atoms with Gasteiger partial charge in [0.15, 0.2) is 0 Å².